The summed E-state index contributed by atoms with van der Waals surface area (Å²) >= 11 is 6.07. The van der Waals surface area contributed by atoms with Crippen LogP contribution in [0.2, 0.25) is 5.02 Å². The van der Waals surface area contributed by atoms with Gasteiger partial charge in [0.05, 0.1) is 12.1 Å². The van der Waals surface area contributed by atoms with Crippen molar-refractivity contribution < 1.29 is 58.5 Å². The van der Waals surface area contributed by atoms with Crippen LogP contribution in [-0.2, 0) is 64.0 Å². The third-order valence-corrected chi connectivity index (χ3v) is 15.2. The third-order valence-electron chi connectivity index (χ3n) is 12.5. The van der Waals surface area contributed by atoms with Gasteiger partial charge in [0, 0.05) is 41.5 Å². The molecule has 27 heteroatoms. The number of amides is 10. The number of urea groups is 1. The van der Waals surface area contributed by atoms with Crippen LogP contribution in [0.5, 0.6) is 11.5 Å². The highest BCUT2D eigenvalue weighted by molar-refractivity contribution is 8.76. The van der Waals surface area contributed by atoms with Gasteiger partial charge in [0.2, 0.25) is 47.3 Å². The molecule has 0 radical (unpaired) electrons. The average molecular weight is 1160 g/mol. The predicted molar refractivity (Wildman–Crippen MR) is 302 cm³/mol. The lowest BCUT2D eigenvalue weighted by Gasteiger charge is -2.29. The van der Waals surface area contributed by atoms with E-state index in [0.29, 0.717) is 39.4 Å². The molecule has 0 spiro atoms. The molecule has 430 valence electrons. The molecule has 80 heavy (non-hydrogen) atoms. The Kier molecular flexibility index (Phi) is 24.7. The van der Waals surface area contributed by atoms with E-state index in [1.807, 2.05) is 0 Å². The smallest absolute Gasteiger partial charge is 0.316 e. The monoisotopic (exact) mass is 1160 g/mol. The maximum atomic E-state index is 14.8. The summed E-state index contributed by atoms with van der Waals surface area (Å²) in [5.74, 6) is -8.06. The van der Waals surface area contributed by atoms with Gasteiger partial charge >= 0.3 is 6.03 Å². The van der Waals surface area contributed by atoms with Crippen LogP contribution in [-0.4, -0.2) is 141 Å². The number of primary amides is 2. The minimum Gasteiger partial charge on any atom is -0.508 e. The molecule has 4 aromatic carbocycles. The molecule has 5 rings (SSSR count). The molecule has 1 aliphatic heterocycles. The van der Waals surface area contributed by atoms with Gasteiger partial charge in [-0.05, 0) is 110 Å². The van der Waals surface area contributed by atoms with Gasteiger partial charge in [-0.15, -0.1) is 0 Å². The number of carbonyl (C=O) groups excluding carboxylic acids is 9. The summed E-state index contributed by atoms with van der Waals surface area (Å²) in [5, 5.41) is 52.2. The number of nitrogens with two attached hydrogens (primary N) is 4. The third kappa shape index (κ3) is 20.6. The highest BCUT2D eigenvalue weighted by atomic mass is 35.5. The number of phenolic OH excluding ortho intramolecular Hbond substituents is 2. The Bertz CT molecular complexity index is 2780. The Hall–Kier alpha value is -7.62. The number of unbranched alkanes of at least 4 members (excludes halogenated alkanes) is 1. The van der Waals surface area contributed by atoms with E-state index >= 15 is 0 Å². The molecule has 0 bridgehead atoms. The topological polar surface area (TPSA) is 415 Å². The van der Waals surface area contributed by atoms with Gasteiger partial charge in [-0.2, -0.15) is 0 Å². The zero-order valence-electron chi connectivity index (χ0n) is 43.5. The van der Waals surface area contributed by atoms with Gasteiger partial charge < -0.3 is 80.8 Å². The molecule has 1 fully saturated rings. The highest BCUT2D eigenvalue weighted by Gasteiger charge is 2.36. The fourth-order valence-electron chi connectivity index (χ4n) is 8.09. The predicted octanol–water partition coefficient (Wildman–Crippen LogP) is -0.377. The molecule has 24 nitrogen and oxygen atoms in total. The van der Waals surface area contributed by atoms with Crippen molar-refractivity contribution in [1.82, 2.24) is 37.2 Å². The number of aromatic hydroxyl groups is 2. The lowest BCUT2D eigenvalue weighted by Crippen LogP contribution is -2.62. The van der Waals surface area contributed by atoms with E-state index in [0.717, 1.165) is 21.6 Å². The molecule has 10 amide bonds. The number of nitrogens with one attached hydrogen (secondary N) is 8. The first-order valence-corrected chi connectivity index (χ1v) is 28.2. The first-order valence-electron chi connectivity index (χ1n) is 25.3. The molecule has 1 heterocycles. The lowest BCUT2D eigenvalue weighted by atomic mass is 10.0. The second-order valence-electron chi connectivity index (χ2n) is 18.9. The molecule has 0 saturated carbocycles. The molecule has 0 aliphatic carbocycles. The van der Waals surface area contributed by atoms with Crippen molar-refractivity contribution in [2.45, 2.75) is 106 Å². The number of hydrogen-bond acceptors (Lipinski definition) is 16. The number of rotatable bonds is 19. The summed E-state index contributed by atoms with van der Waals surface area (Å²) < 4.78 is 0. The molecule has 1 unspecified atom stereocenters. The maximum Gasteiger partial charge on any atom is 0.316 e. The van der Waals surface area contributed by atoms with Crippen LogP contribution in [0.1, 0.15) is 48.4 Å². The molecule has 19 N–H and O–H groups in total. The van der Waals surface area contributed by atoms with Gasteiger partial charge in [-0.25, -0.2) is 4.79 Å². The Morgan fingerprint density at radius 2 is 1.15 bits per heavy atom. The first kappa shape index (κ1) is 63.2. The number of anilines is 1. The van der Waals surface area contributed by atoms with Crippen molar-refractivity contribution in [1.29, 1.82) is 0 Å². The van der Waals surface area contributed by atoms with E-state index in [1.165, 1.54) is 67.6 Å². The minimum absolute atomic E-state index is 0.0241. The number of benzene rings is 4. The van der Waals surface area contributed by atoms with Gasteiger partial charge in [-0.1, -0.05) is 81.7 Å². The van der Waals surface area contributed by atoms with Crippen molar-refractivity contribution in [3.63, 3.8) is 0 Å². The number of aliphatic hydroxyl groups excluding tert-OH is 1. The summed E-state index contributed by atoms with van der Waals surface area (Å²) in [6.07, 6.45) is -1.57. The van der Waals surface area contributed by atoms with Crippen LogP contribution in [0.15, 0.2) is 97.1 Å². The maximum absolute atomic E-state index is 14.8. The quantitative estimate of drug-likeness (QED) is 0.0420. The van der Waals surface area contributed by atoms with Crippen LogP contribution in [0.3, 0.4) is 0 Å². The van der Waals surface area contributed by atoms with Crippen LogP contribution < -0.4 is 65.5 Å². The number of carbonyl (C=O) groups is 9. The zero-order chi connectivity index (χ0) is 58.5. The molecule has 1 aliphatic rings. The van der Waals surface area contributed by atoms with Gasteiger partial charge in [0.15, 0.2) is 0 Å². The minimum atomic E-state index is -1.76. The van der Waals surface area contributed by atoms with Crippen molar-refractivity contribution >= 4 is 92.2 Å². The van der Waals surface area contributed by atoms with Crippen LogP contribution in [0.25, 0.3) is 0 Å². The van der Waals surface area contributed by atoms with E-state index < -0.39 is 108 Å². The lowest BCUT2D eigenvalue weighted by molar-refractivity contribution is -0.136. The number of aliphatic hydroxyl groups is 1. The zero-order valence-corrected chi connectivity index (χ0v) is 45.9. The van der Waals surface area contributed by atoms with Crippen LogP contribution >= 0.6 is 33.2 Å². The highest BCUT2D eigenvalue weighted by Crippen LogP contribution is 2.24. The Labute approximate surface area is 474 Å². The van der Waals surface area contributed by atoms with Crippen molar-refractivity contribution in [2.24, 2.45) is 22.9 Å². The number of halogens is 1. The van der Waals surface area contributed by atoms with E-state index in [4.69, 9.17) is 34.5 Å². The van der Waals surface area contributed by atoms with Crippen molar-refractivity contribution in [3.05, 3.63) is 124 Å². The number of phenols is 2. The second kappa shape index (κ2) is 31.2. The van der Waals surface area contributed by atoms with Crippen molar-refractivity contribution in [2.75, 3.05) is 23.4 Å². The summed E-state index contributed by atoms with van der Waals surface area (Å²) in [6, 6.07) is 11.6. The number of hydrogen-bond donors (Lipinski definition) is 15. The standard InChI is InChI=1S/C53H67ClN12O12S2/c1-28(67)44-52(77)65-43(50(75)61-39(45(57)70)23-31-9-17-35(68)18-10-31)27-80-79-26-42(64-46(71)37(56)22-29-5-13-33(54)14-6-29)51(76)63-41(25-32-11-19-36(69)20-12-32)49(74)62-40(24-30-7-15-34(16-8-30)59-53(58)78)48(73)60-38(47(72)66-44)4-2-3-21-55/h5-20,28,37-44,67-69H,2-4,21-27,55-56H2,1H3,(H2,57,70)(H,60,73)(H,61,75)(H,62,74)(H,63,76)(H,64,71)(H,65,77)(H,66,72)(H3,58,59,78)/t28-,37-,38+,39-,40-,41+,42+,43+,44?/m1/s1. The fourth-order valence-corrected chi connectivity index (χ4v) is 10.5. The second-order valence-corrected chi connectivity index (χ2v) is 21.9. The Morgan fingerprint density at radius 1 is 0.650 bits per heavy atom. The fraction of sp³-hybridized carbons (Fsp3) is 0.377. The summed E-state index contributed by atoms with van der Waals surface area (Å²) in [5.41, 5.74) is 25.5. The molecular weight excluding hydrogens is 1100 g/mol. The van der Waals surface area contributed by atoms with E-state index in [9.17, 15) is 58.5 Å². The first-order chi connectivity index (χ1) is 38.1. The summed E-state index contributed by atoms with van der Waals surface area (Å²) in [7, 11) is 1.90. The molecule has 1 saturated heterocycles. The average Bonchev–Trinajstić information content (AvgIpc) is 3.41. The largest absolute Gasteiger partial charge is 0.508 e. The van der Waals surface area contributed by atoms with E-state index in [-0.39, 0.29) is 68.1 Å². The Balaban J connectivity index is 1.58. The van der Waals surface area contributed by atoms with E-state index in [1.54, 1.807) is 36.4 Å². The molecule has 0 aromatic heterocycles. The summed E-state index contributed by atoms with van der Waals surface area (Å²) in [6.45, 7) is 1.41. The van der Waals surface area contributed by atoms with Crippen LogP contribution in [0.4, 0.5) is 10.5 Å². The molecule has 9 atom stereocenters. The molecule has 4 aromatic rings. The Morgan fingerprint density at radius 3 is 1.70 bits per heavy atom. The normalized spacial score (nSPS) is 20.9. The summed E-state index contributed by atoms with van der Waals surface area (Å²) in [4.78, 5) is 125. The van der Waals surface area contributed by atoms with Gasteiger partial charge in [-0.3, -0.25) is 38.4 Å². The molecular formula is C53H67ClN12O12S2. The van der Waals surface area contributed by atoms with Gasteiger partial charge in [0.25, 0.3) is 0 Å². The van der Waals surface area contributed by atoms with E-state index in [2.05, 4.69) is 42.5 Å². The SMILES string of the molecule is C[C@@H](O)C1NC(=O)[C@H](CCCCN)NC(=O)[C@@H](Cc2ccc(NC(N)=O)cc2)NC(=O)[C@H](Cc2ccc(O)cc2)NC(=O)[C@@H](NC(=O)[C@H](N)Cc2ccc(Cl)cc2)CSSC[C@@H](C(=O)N[C@H](Cc2ccc(O)cc2)C(N)=O)NC1=O. The van der Waals surface area contributed by atoms with Gasteiger partial charge in [0.1, 0.15) is 53.8 Å². The van der Waals surface area contributed by atoms with Crippen LogP contribution in [0, 0.1) is 0 Å². The van der Waals surface area contributed by atoms with Crippen molar-refractivity contribution in [3.8, 4) is 11.5 Å².